The molecule has 1 N–H and O–H groups in total. The van der Waals surface area contributed by atoms with E-state index in [-0.39, 0.29) is 11.9 Å². The maximum absolute atomic E-state index is 11.9. The van der Waals surface area contributed by atoms with E-state index in [9.17, 15) is 9.90 Å². The minimum Gasteiger partial charge on any atom is -0.479 e. The number of rotatable bonds is 3. The average molecular weight is 412 g/mol. The summed E-state index contributed by atoms with van der Waals surface area (Å²) in [5.41, 5.74) is 6.17. The summed E-state index contributed by atoms with van der Waals surface area (Å²) in [7, 11) is 0. The molecule has 2 heterocycles. The molecule has 0 spiro atoms. The second-order valence-electron chi connectivity index (χ2n) is 8.78. The standard InChI is InChI=1S/C25H24N4O2/c1-2-22(30)28-8-10-29(11-9-28)24-19-7-6-15(14-21(19)26-25(31)27-24)18-5-3-4-16-12-17-13-20(17)23(16)18/h2-7,14,17,20H,1,8-13H2,(H,26,27,31). The number of amides is 1. The van der Waals surface area contributed by atoms with E-state index in [1.165, 1.54) is 35.6 Å². The third kappa shape index (κ3) is 2.97. The van der Waals surface area contributed by atoms with Gasteiger partial charge in [-0.05, 0) is 65.1 Å². The first kappa shape index (κ1) is 18.4. The van der Waals surface area contributed by atoms with Crippen LogP contribution in [0, 0.1) is 5.92 Å². The lowest BCUT2D eigenvalue weighted by atomic mass is 9.94. The van der Waals surface area contributed by atoms with Crippen LogP contribution in [0.1, 0.15) is 23.5 Å². The summed E-state index contributed by atoms with van der Waals surface area (Å²) in [6.45, 7) is 6.09. The molecule has 1 saturated carbocycles. The molecule has 6 rings (SSSR count). The van der Waals surface area contributed by atoms with Crippen LogP contribution in [0.4, 0.5) is 5.82 Å². The van der Waals surface area contributed by atoms with Gasteiger partial charge in [-0.2, -0.15) is 9.97 Å². The van der Waals surface area contributed by atoms with Crippen molar-refractivity contribution >= 4 is 22.6 Å². The topological polar surface area (TPSA) is 69.6 Å². The minimum atomic E-state index is -0.218. The van der Waals surface area contributed by atoms with Crippen LogP contribution in [-0.2, 0) is 11.2 Å². The molecule has 3 aliphatic rings. The number of fused-ring (bicyclic) bond motifs is 4. The van der Waals surface area contributed by atoms with Crippen molar-refractivity contribution < 1.29 is 9.90 Å². The summed E-state index contributed by atoms with van der Waals surface area (Å²) in [6.07, 6.45) is 3.87. The van der Waals surface area contributed by atoms with Gasteiger partial charge in [0, 0.05) is 31.6 Å². The van der Waals surface area contributed by atoms with Gasteiger partial charge in [0.2, 0.25) is 5.91 Å². The first-order valence-corrected chi connectivity index (χ1v) is 10.9. The van der Waals surface area contributed by atoms with Crippen molar-refractivity contribution in [3.8, 4) is 17.1 Å². The predicted octanol–water partition coefficient (Wildman–Crippen LogP) is 3.50. The highest BCUT2D eigenvalue weighted by atomic mass is 16.3. The number of anilines is 1. The largest absolute Gasteiger partial charge is 0.479 e. The van der Waals surface area contributed by atoms with Gasteiger partial charge in [-0.1, -0.05) is 30.8 Å². The summed E-state index contributed by atoms with van der Waals surface area (Å²) in [6, 6.07) is 12.7. The second kappa shape index (κ2) is 6.80. The molecule has 0 radical (unpaired) electrons. The number of aromatic nitrogens is 2. The number of carbonyl (C=O) groups excluding carboxylic acids is 1. The molecule has 2 atom stereocenters. The Morgan fingerprint density at radius 2 is 1.97 bits per heavy atom. The molecule has 6 heteroatoms. The smallest absolute Gasteiger partial charge is 0.316 e. The lowest BCUT2D eigenvalue weighted by Gasteiger charge is -2.35. The van der Waals surface area contributed by atoms with Crippen LogP contribution >= 0.6 is 0 Å². The molecule has 1 saturated heterocycles. The van der Waals surface area contributed by atoms with Gasteiger partial charge in [0.15, 0.2) is 0 Å². The third-order valence-corrected chi connectivity index (χ3v) is 7.01. The SMILES string of the molecule is C=CC(=O)N1CCN(c2nc(O)nc3cc(-c4cccc5c4C4CC4C5)ccc23)CC1. The maximum Gasteiger partial charge on any atom is 0.316 e. The van der Waals surface area contributed by atoms with E-state index in [1.807, 2.05) is 0 Å². The number of nitrogens with zero attached hydrogens (tertiary/aromatic N) is 4. The Labute approximate surface area is 180 Å². The van der Waals surface area contributed by atoms with Gasteiger partial charge in [0.05, 0.1) is 5.52 Å². The Hall–Kier alpha value is -3.41. The van der Waals surface area contributed by atoms with E-state index in [0.29, 0.717) is 32.1 Å². The minimum absolute atomic E-state index is 0.0482. The first-order valence-electron chi connectivity index (χ1n) is 10.9. The predicted molar refractivity (Wildman–Crippen MR) is 120 cm³/mol. The van der Waals surface area contributed by atoms with Crippen molar-refractivity contribution in [3.05, 3.63) is 60.2 Å². The Morgan fingerprint density at radius 3 is 2.77 bits per heavy atom. The van der Waals surface area contributed by atoms with Crippen molar-refractivity contribution in [1.82, 2.24) is 14.9 Å². The average Bonchev–Trinajstić information content (AvgIpc) is 3.47. The summed E-state index contributed by atoms with van der Waals surface area (Å²) >= 11 is 0. The molecule has 2 aliphatic carbocycles. The Bertz CT molecular complexity index is 1230. The molecular weight excluding hydrogens is 388 g/mol. The molecule has 156 valence electrons. The molecule has 3 aromatic rings. The lowest BCUT2D eigenvalue weighted by Crippen LogP contribution is -2.48. The monoisotopic (exact) mass is 412 g/mol. The van der Waals surface area contributed by atoms with Crippen LogP contribution in [0.25, 0.3) is 22.0 Å². The van der Waals surface area contributed by atoms with E-state index in [1.54, 1.807) is 4.90 Å². The van der Waals surface area contributed by atoms with E-state index in [2.05, 4.69) is 57.8 Å². The van der Waals surface area contributed by atoms with Gasteiger partial charge in [-0.25, -0.2) is 0 Å². The van der Waals surface area contributed by atoms with Gasteiger partial charge in [0.1, 0.15) is 5.82 Å². The molecule has 1 amide bonds. The Morgan fingerprint density at radius 1 is 1.13 bits per heavy atom. The molecule has 31 heavy (non-hydrogen) atoms. The van der Waals surface area contributed by atoms with E-state index in [0.717, 1.165) is 28.2 Å². The van der Waals surface area contributed by atoms with Gasteiger partial charge < -0.3 is 14.9 Å². The summed E-state index contributed by atoms with van der Waals surface area (Å²) in [5, 5.41) is 11.2. The fourth-order valence-electron chi connectivity index (χ4n) is 5.37. The van der Waals surface area contributed by atoms with Gasteiger partial charge >= 0.3 is 6.01 Å². The zero-order chi connectivity index (χ0) is 21.1. The molecule has 1 aliphatic heterocycles. The number of hydrogen-bond donors (Lipinski definition) is 1. The van der Waals surface area contributed by atoms with E-state index >= 15 is 0 Å². The van der Waals surface area contributed by atoms with Crippen molar-refractivity contribution in [1.29, 1.82) is 0 Å². The van der Waals surface area contributed by atoms with Gasteiger partial charge in [-0.3, -0.25) is 4.79 Å². The number of benzene rings is 2. The molecule has 6 nitrogen and oxygen atoms in total. The fraction of sp³-hybridized carbons (Fsp3) is 0.320. The second-order valence-corrected chi connectivity index (χ2v) is 8.78. The number of aromatic hydroxyl groups is 1. The molecular formula is C25H24N4O2. The van der Waals surface area contributed by atoms with Crippen LogP contribution in [0.15, 0.2) is 49.1 Å². The highest BCUT2D eigenvalue weighted by Gasteiger charge is 2.46. The number of piperazine rings is 1. The van der Waals surface area contributed by atoms with Crippen LogP contribution in [0.2, 0.25) is 0 Å². The summed E-state index contributed by atoms with van der Waals surface area (Å²) < 4.78 is 0. The lowest BCUT2D eigenvalue weighted by molar-refractivity contribution is -0.126. The van der Waals surface area contributed by atoms with E-state index in [4.69, 9.17) is 0 Å². The van der Waals surface area contributed by atoms with Crippen molar-refractivity contribution in [3.63, 3.8) is 0 Å². The molecule has 2 fully saturated rings. The molecule has 2 unspecified atom stereocenters. The normalized spacial score (nSPS) is 21.7. The van der Waals surface area contributed by atoms with E-state index < -0.39 is 0 Å². The first-order chi connectivity index (χ1) is 15.1. The zero-order valence-corrected chi connectivity index (χ0v) is 17.3. The molecule has 0 bridgehead atoms. The Kier molecular flexibility index (Phi) is 4.03. The van der Waals surface area contributed by atoms with Crippen molar-refractivity contribution in [2.75, 3.05) is 31.1 Å². The molecule has 2 aromatic carbocycles. The van der Waals surface area contributed by atoms with Crippen molar-refractivity contribution in [2.45, 2.75) is 18.8 Å². The quantitative estimate of drug-likeness (QED) is 0.667. The van der Waals surface area contributed by atoms with Crippen molar-refractivity contribution in [2.24, 2.45) is 5.92 Å². The number of carbonyl (C=O) groups is 1. The van der Waals surface area contributed by atoms with Gasteiger partial charge in [0.25, 0.3) is 0 Å². The summed E-state index contributed by atoms with van der Waals surface area (Å²) in [5.74, 6) is 2.22. The van der Waals surface area contributed by atoms with Crippen LogP contribution in [0.3, 0.4) is 0 Å². The highest BCUT2D eigenvalue weighted by molar-refractivity contribution is 5.93. The third-order valence-electron chi connectivity index (χ3n) is 7.01. The Balaban J connectivity index is 1.37. The maximum atomic E-state index is 11.9. The zero-order valence-electron chi connectivity index (χ0n) is 17.3. The fourth-order valence-corrected chi connectivity index (χ4v) is 5.37. The van der Waals surface area contributed by atoms with Crippen LogP contribution in [-0.4, -0.2) is 52.1 Å². The highest BCUT2D eigenvalue weighted by Crippen LogP contribution is 2.58. The molecule has 1 aromatic heterocycles. The van der Waals surface area contributed by atoms with Gasteiger partial charge in [-0.15, -0.1) is 0 Å². The number of hydrogen-bond acceptors (Lipinski definition) is 5. The van der Waals surface area contributed by atoms with Crippen LogP contribution < -0.4 is 4.90 Å². The summed E-state index contributed by atoms with van der Waals surface area (Å²) in [4.78, 5) is 24.5. The van der Waals surface area contributed by atoms with Crippen LogP contribution in [0.5, 0.6) is 6.01 Å².